The minimum absolute atomic E-state index is 0.465. The van der Waals surface area contributed by atoms with Crippen LogP contribution in [0.3, 0.4) is 0 Å². The second-order valence-corrected chi connectivity index (χ2v) is 2.84. The highest BCUT2D eigenvalue weighted by Crippen LogP contribution is 2.14. The predicted octanol–water partition coefficient (Wildman–Crippen LogP) is 3.15. The van der Waals surface area contributed by atoms with Gasteiger partial charge >= 0.3 is 5.97 Å². The van der Waals surface area contributed by atoms with Gasteiger partial charge in [-0.15, -0.1) is 0 Å². The molecule has 2 heteroatoms. The Bertz CT molecular complexity index is 218. The number of hydrogen-bond donors (Lipinski definition) is 1. The summed E-state index contributed by atoms with van der Waals surface area (Å²) < 4.78 is 0. The van der Waals surface area contributed by atoms with Gasteiger partial charge in [0.1, 0.15) is 0 Å². The van der Waals surface area contributed by atoms with Crippen molar-refractivity contribution in [1.29, 1.82) is 0 Å². The standard InChI is InChI=1S/C11H18O2/c1-4-7-8-10(11(12)13)9(5-2)6-3/h7-8H,4-6H2,1-3H3,(H,12,13)/b8-7-. The molecule has 0 atom stereocenters. The van der Waals surface area contributed by atoms with Crippen LogP contribution in [0.4, 0.5) is 0 Å². The largest absolute Gasteiger partial charge is 0.478 e. The van der Waals surface area contributed by atoms with Gasteiger partial charge in [0.2, 0.25) is 0 Å². The van der Waals surface area contributed by atoms with Crippen molar-refractivity contribution < 1.29 is 9.90 Å². The lowest BCUT2D eigenvalue weighted by Gasteiger charge is -2.03. The molecule has 0 bridgehead atoms. The average molecular weight is 182 g/mol. The lowest BCUT2D eigenvalue weighted by Crippen LogP contribution is -2.01. The van der Waals surface area contributed by atoms with Gasteiger partial charge in [-0.3, -0.25) is 0 Å². The maximum Gasteiger partial charge on any atom is 0.335 e. The van der Waals surface area contributed by atoms with Crippen molar-refractivity contribution in [3.8, 4) is 0 Å². The minimum atomic E-state index is -0.816. The highest BCUT2D eigenvalue weighted by molar-refractivity contribution is 5.90. The van der Waals surface area contributed by atoms with Crippen LogP contribution < -0.4 is 0 Å². The molecular formula is C11H18O2. The Labute approximate surface area is 80.0 Å². The van der Waals surface area contributed by atoms with Gasteiger partial charge in [0, 0.05) is 0 Å². The van der Waals surface area contributed by atoms with Crippen molar-refractivity contribution in [3.63, 3.8) is 0 Å². The second-order valence-electron chi connectivity index (χ2n) is 2.84. The first-order valence-corrected chi connectivity index (χ1v) is 4.79. The van der Waals surface area contributed by atoms with E-state index < -0.39 is 5.97 Å². The van der Waals surface area contributed by atoms with E-state index in [1.807, 2.05) is 26.8 Å². The molecule has 0 spiro atoms. The summed E-state index contributed by atoms with van der Waals surface area (Å²) in [5.41, 5.74) is 1.48. The third-order valence-electron chi connectivity index (χ3n) is 1.99. The third-order valence-corrected chi connectivity index (χ3v) is 1.99. The zero-order valence-corrected chi connectivity index (χ0v) is 8.63. The van der Waals surface area contributed by atoms with E-state index in [1.54, 1.807) is 6.08 Å². The molecule has 0 amide bonds. The lowest BCUT2D eigenvalue weighted by molar-refractivity contribution is -0.132. The number of aliphatic carboxylic acids is 1. The van der Waals surface area contributed by atoms with E-state index in [2.05, 4.69) is 0 Å². The molecule has 2 nitrogen and oxygen atoms in total. The van der Waals surface area contributed by atoms with Crippen molar-refractivity contribution in [3.05, 3.63) is 23.3 Å². The minimum Gasteiger partial charge on any atom is -0.478 e. The molecule has 0 fully saturated rings. The summed E-state index contributed by atoms with van der Waals surface area (Å²) in [6, 6.07) is 0. The highest BCUT2D eigenvalue weighted by atomic mass is 16.4. The molecule has 0 aliphatic carbocycles. The van der Waals surface area contributed by atoms with Gasteiger partial charge in [-0.2, -0.15) is 0 Å². The maximum absolute atomic E-state index is 10.9. The normalized spacial score (nSPS) is 10.4. The number of allylic oxidation sites excluding steroid dienone is 2. The monoisotopic (exact) mass is 182 g/mol. The van der Waals surface area contributed by atoms with Crippen LogP contribution in [0.5, 0.6) is 0 Å². The summed E-state index contributed by atoms with van der Waals surface area (Å²) in [5.74, 6) is -0.816. The van der Waals surface area contributed by atoms with Gasteiger partial charge in [-0.25, -0.2) is 4.79 Å². The SMILES string of the molecule is CC/C=C\C(C(=O)O)=C(CC)CC. The Kier molecular flexibility index (Phi) is 5.94. The van der Waals surface area contributed by atoms with Gasteiger partial charge in [0.25, 0.3) is 0 Å². The topological polar surface area (TPSA) is 37.3 Å². The summed E-state index contributed by atoms with van der Waals surface area (Å²) >= 11 is 0. The van der Waals surface area contributed by atoms with Gasteiger partial charge in [0.15, 0.2) is 0 Å². The Hall–Kier alpha value is -1.05. The van der Waals surface area contributed by atoms with E-state index in [0.29, 0.717) is 5.57 Å². The van der Waals surface area contributed by atoms with Crippen molar-refractivity contribution in [1.82, 2.24) is 0 Å². The first-order chi connectivity index (χ1) is 6.17. The Morgan fingerprint density at radius 2 is 1.77 bits per heavy atom. The zero-order valence-electron chi connectivity index (χ0n) is 8.63. The fourth-order valence-electron chi connectivity index (χ4n) is 1.21. The molecule has 74 valence electrons. The molecular weight excluding hydrogens is 164 g/mol. The van der Waals surface area contributed by atoms with Gasteiger partial charge in [-0.1, -0.05) is 38.5 Å². The van der Waals surface area contributed by atoms with Crippen LogP contribution in [0.1, 0.15) is 40.0 Å². The lowest BCUT2D eigenvalue weighted by atomic mass is 10.0. The number of rotatable bonds is 5. The molecule has 0 aliphatic heterocycles. The quantitative estimate of drug-likeness (QED) is 0.524. The fourth-order valence-corrected chi connectivity index (χ4v) is 1.21. The number of carbonyl (C=O) groups is 1. The van der Waals surface area contributed by atoms with E-state index in [9.17, 15) is 4.79 Å². The van der Waals surface area contributed by atoms with Crippen molar-refractivity contribution in [2.45, 2.75) is 40.0 Å². The van der Waals surface area contributed by atoms with Crippen LogP contribution in [-0.2, 0) is 4.79 Å². The van der Waals surface area contributed by atoms with E-state index in [4.69, 9.17) is 5.11 Å². The molecule has 0 radical (unpaired) electrons. The molecule has 13 heavy (non-hydrogen) atoms. The van der Waals surface area contributed by atoms with Gasteiger partial charge < -0.3 is 5.11 Å². The summed E-state index contributed by atoms with van der Waals surface area (Å²) in [7, 11) is 0. The molecule has 0 rings (SSSR count). The molecule has 0 aromatic heterocycles. The molecule has 1 N–H and O–H groups in total. The first-order valence-electron chi connectivity index (χ1n) is 4.79. The fraction of sp³-hybridized carbons (Fsp3) is 0.545. The molecule has 0 aromatic carbocycles. The van der Waals surface area contributed by atoms with Gasteiger partial charge in [0.05, 0.1) is 5.57 Å². The molecule has 0 aliphatic rings. The van der Waals surface area contributed by atoms with Crippen LogP contribution in [-0.4, -0.2) is 11.1 Å². The van der Waals surface area contributed by atoms with E-state index in [1.165, 1.54) is 0 Å². The number of hydrogen-bond acceptors (Lipinski definition) is 1. The van der Waals surface area contributed by atoms with E-state index in [-0.39, 0.29) is 0 Å². The average Bonchev–Trinajstić information content (AvgIpc) is 2.11. The summed E-state index contributed by atoms with van der Waals surface area (Å²) in [5, 5.41) is 8.92. The summed E-state index contributed by atoms with van der Waals surface area (Å²) in [6.45, 7) is 5.97. The first kappa shape index (κ1) is 11.9. The Balaban J connectivity index is 4.85. The van der Waals surface area contributed by atoms with Crippen LogP contribution >= 0.6 is 0 Å². The smallest absolute Gasteiger partial charge is 0.335 e. The van der Waals surface area contributed by atoms with E-state index in [0.717, 1.165) is 24.8 Å². The van der Waals surface area contributed by atoms with Crippen LogP contribution in [0.2, 0.25) is 0 Å². The van der Waals surface area contributed by atoms with Crippen LogP contribution in [0.15, 0.2) is 23.3 Å². The van der Waals surface area contributed by atoms with Gasteiger partial charge in [-0.05, 0) is 19.3 Å². The molecule has 0 saturated carbocycles. The predicted molar refractivity (Wildman–Crippen MR) is 54.7 cm³/mol. The van der Waals surface area contributed by atoms with E-state index >= 15 is 0 Å². The van der Waals surface area contributed by atoms with Crippen molar-refractivity contribution in [2.75, 3.05) is 0 Å². The highest BCUT2D eigenvalue weighted by Gasteiger charge is 2.07. The maximum atomic E-state index is 10.9. The summed E-state index contributed by atoms with van der Waals surface area (Å²) in [6.07, 6.45) is 6.09. The molecule has 0 unspecified atom stereocenters. The van der Waals surface area contributed by atoms with Crippen LogP contribution in [0.25, 0.3) is 0 Å². The number of carboxylic acid groups (broad SMARTS) is 1. The number of carboxylic acids is 1. The van der Waals surface area contributed by atoms with Crippen molar-refractivity contribution in [2.24, 2.45) is 0 Å². The summed E-state index contributed by atoms with van der Waals surface area (Å²) in [4.78, 5) is 10.9. The molecule has 0 saturated heterocycles. The zero-order chi connectivity index (χ0) is 10.3. The Morgan fingerprint density at radius 1 is 1.23 bits per heavy atom. The van der Waals surface area contributed by atoms with Crippen molar-refractivity contribution >= 4 is 5.97 Å². The molecule has 0 heterocycles. The Morgan fingerprint density at radius 3 is 2.08 bits per heavy atom. The molecule has 0 aromatic rings. The second kappa shape index (κ2) is 6.46. The third kappa shape index (κ3) is 3.92. The van der Waals surface area contributed by atoms with Crippen LogP contribution in [0, 0.1) is 0 Å².